The molecule has 0 fully saturated rings. The molecule has 0 radical (unpaired) electrons. The molecule has 0 aliphatic carbocycles. The molecule has 0 atom stereocenters. The number of carbonyl (C=O) groups is 1. The zero-order valence-electron chi connectivity index (χ0n) is 9.30. The number of carbonyl (C=O) groups excluding carboxylic acids is 1. The summed E-state index contributed by atoms with van der Waals surface area (Å²) in [5, 5.41) is 5.78. The Morgan fingerprint density at radius 3 is 3.24 bits per heavy atom. The SMILES string of the molecule is COC(=O)Cc1csc(NCc2ccoc2)n1. The van der Waals surface area contributed by atoms with Gasteiger partial charge in [0, 0.05) is 17.5 Å². The topological polar surface area (TPSA) is 64.4 Å². The second kappa shape index (κ2) is 5.49. The maximum absolute atomic E-state index is 11.0. The van der Waals surface area contributed by atoms with E-state index >= 15 is 0 Å². The van der Waals surface area contributed by atoms with Gasteiger partial charge in [-0.05, 0) is 6.07 Å². The molecular weight excluding hydrogens is 240 g/mol. The van der Waals surface area contributed by atoms with Gasteiger partial charge in [-0.3, -0.25) is 4.79 Å². The number of hydrogen-bond acceptors (Lipinski definition) is 6. The lowest BCUT2D eigenvalue weighted by Crippen LogP contribution is -2.05. The zero-order valence-corrected chi connectivity index (χ0v) is 10.1. The highest BCUT2D eigenvalue weighted by Gasteiger charge is 2.07. The van der Waals surface area contributed by atoms with Crippen LogP contribution in [0.15, 0.2) is 28.4 Å². The van der Waals surface area contributed by atoms with Gasteiger partial charge in [-0.15, -0.1) is 11.3 Å². The van der Waals surface area contributed by atoms with Crippen LogP contribution in [0.1, 0.15) is 11.3 Å². The van der Waals surface area contributed by atoms with Crippen molar-refractivity contribution in [2.45, 2.75) is 13.0 Å². The molecule has 2 aromatic heterocycles. The minimum atomic E-state index is -0.281. The minimum absolute atomic E-state index is 0.209. The van der Waals surface area contributed by atoms with Crippen LogP contribution in [0.3, 0.4) is 0 Å². The van der Waals surface area contributed by atoms with Crippen LogP contribution in [-0.4, -0.2) is 18.1 Å². The van der Waals surface area contributed by atoms with Gasteiger partial charge in [-0.25, -0.2) is 4.98 Å². The van der Waals surface area contributed by atoms with E-state index in [1.165, 1.54) is 18.4 Å². The first-order valence-corrected chi connectivity index (χ1v) is 5.92. The van der Waals surface area contributed by atoms with E-state index in [1.807, 2.05) is 11.4 Å². The number of rotatable bonds is 5. The Labute approximate surface area is 102 Å². The summed E-state index contributed by atoms with van der Waals surface area (Å²) in [5.74, 6) is -0.281. The largest absolute Gasteiger partial charge is 0.472 e. The first kappa shape index (κ1) is 11.7. The number of methoxy groups -OCH3 is 1. The van der Waals surface area contributed by atoms with Gasteiger partial charge in [0.2, 0.25) is 0 Å². The van der Waals surface area contributed by atoms with E-state index in [1.54, 1.807) is 12.5 Å². The van der Waals surface area contributed by atoms with E-state index in [4.69, 9.17) is 4.42 Å². The molecule has 0 spiro atoms. The second-order valence-electron chi connectivity index (χ2n) is 3.38. The molecular formula is C11H12N2O3S. The predicted octanol–water partition coefficient (Wildman–Crippen LogP) is 2.06. The average Bonchev–Trinajstić information content (AvgIpc) is 2.97. The highest BCUT2D eigenvalue weighted by atomic mass is 32.1. The van der Waals surface area contributed by atoms with Crippen LogP contribution < -0.4 is 5.32 Å². The Morgan fingerprint density at radius 2 is 2.53 bits per heavy atom. The molecule has 0 aromatic carbocycles. The summed E-state index contributed by atoms with van der Waals surface area (Å²) in [5.41, 5.74) is 1.77. The van der Waals surface area contributed by atoms with Crippen molar-refractivity contribution in [1.82, 2.24) is 4.98 Å². The molecule has 6 heteroatoms. The van der Waals surface area contributed by atoms with Crippen LogP contribution >= 0.6 is 11.3 Å². The number of nitrogens with one attached hydrogen (secondary N) is 1. The van der Waals surface area contributed by atoms with E-state index in [-0.39, 0.29) is 12.4 Å². The third kappa shape index (κ3) is 3.32. The second-order valence-corrected chi connectivity index (χ2v) is 4.24. The maximum Gasteiger partial charge on any atom is 0.311 e. The van der Waals surface area contributed by atoms with Crippen molar-refractivity contribution >= 4 is 22.4 Å². The summed E-state index contributed by atoms with van der Waals surface area (Å²) >= 11 is 1.46. The molecule has 90 valence electrons. The number of ether oxygens (including phenoxy) is 1. The Balaban J connectivity index is 1.88. The van der Waals surface area contributed by atoms with Crippen LogP contribution in [0.4, 0.5) is 5.13 Å². The lowest BCUT2D eigenvalue weighted by Gasteiger charge is -1.98. The summed E-state index contributed by atoms with van der Waals surface area (Å²) in [4.78, 5) is 15.3. The third-order valence-corrected chi connectivity index (χ3v) is 2.98. The van der Waals surface area contributed by atoms with Gasteiger partial charge in [0.1, 0.15) is 0 Å². The molecule has 2 heterocycles. The van der Waals surface area contributed by atoms with Gasteiger partial charge in [-0.2, -0.15) is 0 Å². The number of thiazole rings is 1. The van der Waals surface area contributed by atoms with Crippen LogP contribution in [0, 0.1) is 0 Å². The van der Waals surface area contributed by atoms with Gasteiger partial charge in [0.05, 0.1) is 31.8 Å². The van der Waals surface area contributed by atoms with Gasteiger partial charge in [0.25, 0.3) is 0 Å². The number of hydrogen-bond donors (Lipinski definition) is 1. The summed E-state index contributed by atoms with van der Waals surface area (Å²) in [6.07, 6.45) is 3.51. The third-order valence-electron chi connectivity index (χ3n) is 2.13. The number of furan rings is 1. The molecule has 0 aliphatic heterocycles. The fraction of sp³-hybridized carbons (Fsp3) is 0.273. The Morgan fingerprint density at radius 1 is 1.65 bits per heavy atom. The van der Waals surface area contributed by atoms with Crippen LogP contribution in [-0.2, 0) is 22.5 Å². The Hall–Kier alpha value is -1.82. The van der Waals surface area contributed by atoms with Gasteiger partial charge >= 0.3 is 5.97 Å². The monoisotopic (exact) mass is 252 g/mol. The van der Waals surface area contributed by atoms with Gasteiger partial charge in [-0.1, -0.05) is 0 Å². The van der Waals surface area contributed by atoms with E-state index in [0.717, 1.165) is 16.4 Å². The number of nitrogens with zero attached hydrogens (tertiary/aromatic N) is 1. The first-order chi connectivity index (χ1) is 8.28. The summed E-state index contributed by atoms with van der Waals surface area (Å²) in [6.45, 7) is 0.654. The molecule has 5 nitrogen and oxygen atoms in total. The molecule has 1 N–H and O–H groups in total. The molecule has 0 saturated carbocycles. The van der Waals surface area contributed by atoms with E-state index in [2.05, 4.69) is 15.0 Å². The lowest BCUT2D eigenvalue weighted by molar-refractivity contribution is -0.139. The quantitative estimate of drug-likeness (QED) is 0.825. The van der Waals surface area contributed by atoms with Gasteiger partial charge in [0.15, 0.2) is 5.13 Å². The molecule has 0 aliphatic rings. The molecule has 0 bridgehead atoms. The van der Waals surface area contributed by atoms with Crippen molar-refractivity contribution in [2.24, 2.45) is 0 Å². The standard InChI is InChI=1S/C11H12N2O3S/c1-15-10(14)4-9-7-17-11(13-9)12-5-8-2-3-16-6-8/h2-3,6-7H,4-5H2,1H3,(H,12,13). The van der Waals surface area contributed by atoms with E-state index < -0.39 is 0 Å². The van der Waals surface area contributed by atoms with Crippen molar-refractivity contribution < 1.29 is 13.9 Å². The maximum atomic E-state index is 11.0. The summed E-state index contributed by atoms with van der Waals surface area (Å²) in [7, 11) is 1.37. The Kier molecular flexibility index (Phi) is 3.77. The fourth-order valence-corrected chi connectivity index (χ4v) is 1.97. The van der Waals surface area contributed by atoms with Crippen LogP contribution in [0.5, 0.6) is 0 Å². The number of esters is 1. The lowest BCUT2D eigenvalue weighted by atomic mass is 10.3. The number of aromatic nitrogens is 1. The first-order valence-electron chi connectivity index (χ1n) is 5.04. The van der Waals surface area contributed by atoms with Crippen molar-refractivity contribution in [3.05, 3.63) is 35.2 Å². The van der Waals surface area contributed by atoms with E-state index in [0.29, 0.717) is 6.54 Å². The minimum Gasteiger partial charge on any atom is -0.472 e. The molecule has 0 saturated heterocycles. The normalized spacial score (nSPS) is 10.2. The van der Waals surface area contributed by atoms with E-state index in [9.17, 15) is 4.79 Å². The molecule has 0 unspecified atom stereocenters. The zero-order chi connectivity index (χ0) is 12.1. The summed E-state index contributed by atoms with van der Waals surface area (Å²) < 4.78 is 9.53. The van der Waals surface area contributed by atoms with Crippen molar-refractivity contribution in [2.75, 3.05) is 12.4 Å². The molecule has 0 amide bonds. The average molecular weight is 252 g/mol. The fourth-order valence-electron chi connectivity index (χ4n) is 1.26. The molecule has 17 heavy (non-hydrogen) atoms. The highest BCUT2D eigenvalue weighted by molar-refractivity contribution is 7.13. The predicted molar refractivity (Wildman–Crippen MR) is 63.9 cm³/mol. The molecule has 2 aromatic rings. The molecule has 2 rings (SSSR count). The summed E-state index contributed by atoms with van der Waals surface area (Å²) in [6, 6.07) is 1.88. The van der Waals surface area contributed by atoms with Crippen molar-refractivity contribution in [1.29, 1.82) is 0 Å². The van der Waals surface area contributed by atoms with Gasteiger partial charge < -0.3 is 14.5 Å². The van der Waals surface area contributed by atoms with Crippen LogP contribution in [0.2, 0.25) is 0 Å². The van der Waals surface area contributed by atoms with Crippen molar-refractivity contribution in [3.8, 4) is 0 Å². The highest BCUT2D eigenvalue weighted by Crippen LogP contribution is 2.17. The Bertz CT molecular complexity index is 479. The van der Waals surface area contributed by atoms with Crippen LogP contribution in [0.25, 0.3) is 0 Å². The number of anilines is 1. The smallest absolute Gasteiger partial charge is 0.311 e. The van der Waals surface area contributed by atoms with Crippen molar-refractivity contribution in [3.63, 3.8) is 0 Å².